The number of carbonyl (C=O) groups is 1. The molecule has 2 aliphatic rings. The maximum atomic E-state index is 13.4. The van der Waals surface area contributed by atoms with Gasteiger partial charge in [0, 0.05) is 6.42 Å². The molecule has 104 heavy (non-hydrogen) atoms. The van der Waals surface area contributed by atoms with Crippen molar-refractivity contribution in [3.63, 3.8) is 0 Å². The van der Waals surface area contributed by atoms with Crippen LogP contribution in [0.3, 0.4) is 0 Å². The van der Waals surface area contributed by atoms with E-state index in [1.54, 1.807) is 6.08 Å². The Labute approximate surface area is 634 Å². The van der Waals surface area contributed by atoms with Crippen LogP contribution < -0.4 is 5.32 Å². The molecule has 2 rings (SSSR count). The lowest BCUT2D eigenvalue weighted by molar-refractivity contribution is -0.359. The van der Waals surface area contributed by atoms with Crippen molar-refractivity contribution in [2.45, 2.75) is 408 Å². The van der Waals surface area contributed by atoms with E-state index in [1.807, 2.05) is 6.08 Å². The zero-order valence-electron chi connectivity index (χ0n) is 65.7. The summed E-state index contributed by atoms with van der Waals surface area (Å²) >= 11 is 0. The number of hydrogen-bond acceptors (Lipinski definition) is 13. The zero-order chi connectivity index (χ0) is 75.1. The fraction of sp³-hybridized carbons (Fsp3) is 0.744. The van der Waals surface area contributed by atoms with Crippen LogP contribution >= 0.6 is 0 Å². The van der Waals surface area contributed by atoms with E-state index in [-0.39, 0.29) is 18.9 Å². The largest absolute Gasteiger partial charge is 0.394 e. The Morgan fingerprint density at radius 2 is 0.673 bits per heavy atom. The van der Waals surface area contributed by atoms with Gasteiger partial charge in [0.2, 0.25) is 5.91 Å². The fourth-order valence-electron chi connectivity index (χ4n) is 13.2. The Hall–Kier alpha value is -3.87. The molecule has 0 aliphatic carbocycles. The van der Waals surface area contributed by atoms with Crippen molar-refractivity contribution >= 4 is 5.91 Å². The van der Waals surface area contributed by atoms with Crippen LogP contribution in [-0.2, 0) is 23.7 Å². The number of aliphatic hydroxyl groups excluding tert-OH is 8. The first-order valence-electron chi connectivity index (χ1n) is 42.4. The van der Waals surface area contributed by atoms with Gasteiger partial charge in [-0.05, 0) is 103 Å². The highest BCUT2D eigenvalue weighted by atomic mass is 16.7. The Bertz CT molecular complexity index is 2270. The first kappa shape index (κ1) is 96.2. The highest BCUT2D eigenvalue weighted by molar-refractivity contribution is 5.76. The van der Waals surface area contributed by atoms with Gasteiger partial charge in [0.15, 0.2) is 12.6 Å². The monoisotopic (exact) mass is 1460 g/mol. The lowest BCUT2D eigenvalue weighted by atomic mass is 9.97. The number of carbonyl (C=O) groups excluding carboxylic acids is 1. The number of nitrogens with one attached hydrogen (secondary N) is 1. The van der Waals surface area contributed by atoms with Gasteiger partial charge in [-0.1, -0.05) is 359 Å². The first-order valence-corrected chi connectivity index (χ1v) is 42.4. The van der Waals surface area contributed by atoms with Crippen LogP contribution in [0.5, 0.6) is 0 Å². The van der Waals surface area contributed by atoms with Crippen molar-refractivity contribution in [1.29, 1.82) is 0 Å². The number of amides is 1. The van der Waals surface area contributed by atoms with Crippen molar-refractivity contribution in [2.24, 2.45) is 0 Å². The number of ether oxygens (including phenoxy) is 4. The topological polar surface area (TPSA) is 228 Å². The summed E-state index contributed by atoms with van der Waals surface area (Å²) in [6.45, 7) is 2.70. The molecule has 0 aromatic rings. The SMILES string of the molecule is CC/C=C\C/C=C\C/C=C\C/C=C\C/C=C\C/C=C\C/C=C\C/C=C\C/C=C\CCCCCCCCCCCC(=O)NC(COC1OC(CO)C(OC2OC(CO)C(O)C(O)C2O)C(O)C1O)C(O)/C=C/CC/C=C/CCCCCCCCCCCCCCCCCCCCCCCCCCCCC. The van der Waals surface area contributed by atoms with Crippen LogP contribution in [0.1, 0.15) is 335 Å². The summed E-state index contributed by atoms with van der Waals surface area (Å²) in [5.74, 6) is -0.257. The summed E-state index contributed by atoms with van der Waals surface area (Å²) in [4.78, 5) is 13.4. The Balaban J connectivity index is 1.63. The number of aliphatic hydroxyl groups is 8. The van der Waals surface area contributed by atoms with Crippen molar-refractivity contribution in [3.05, 3.63) is 134 Å². The summed E-state index contributed by atoms with van der Waals surface area (Å²) in [7, 11) is 0. The molecule has 9 N–H and O–H groups in total. The van der Waals surface area contributed by atoms with E-state index in [1.165, 1.54) is 199 Å². The van der Waals surface area contributed by atoms with Gasteiger partial charge in [0.1, 0.15) is 48.8 Å². The second-order valence-corrected chi connectivity index (χ2v) is 29.2. The van der Waals surface area contributed by atoms with Gasteiger partial charge in [-0.2, -0.15) is 0 Å². The highest BCUT2D eigenvalue weighted by Crippen LogP contribution is 2.30. The van der Waals surface area contributed by atoms with Crippen LogP contribution in [-0.4, -0.2) is 140 Å². The molecule has 2 heterocycles. The molecule has 2 fully saturated rings. The predicted octanol–water partition coefficient (Wildman–Crippen LogP) is 20.1. The van der Waals surface area contributed by atoms with E-state index >= 15 is 0 Å². The van der Waals surface area contributed by atoms with Crippen molar-refractivity contribution < 1.29 is 64.6 Å². The Morgan fingerprint density at radius 1 is 0.356 bits per heavy atom. The number of hydrogen-bond donors (Lipinski definition) is 9. The van der Waals surface area contributed by atoms with Gasteiger partial charge in [-0.3, -0.25) is 4.79 Å². The van der Waals surface area contributed by atoms with Crippen molar-refractivity contribution in [3.8, 4) is 0 Å². The second-order valence-electron chi connectivity index (χ2n) is 29.2. The Morgan fingerprint density at radius 3 is 1.06 bits per heavy atom. The highest BCUT2D eigenvalue weighted by Gasteiger charge is 2.51. The van der Waals surface area contributed by atoms with Gasteiger partial charge in [0.05, 0.1) is 32.0 Å². The molecule has 0 radical (unpaired) electrons. The number of unbranched alkanes of at least 4 members (excludes halogenated alkanes) is 37. The quantitative estimate of drug-likeness (QED) is 0.0204. The molecule has 0 spiro atoms. The summed E-state index contributed by atoms with van der Waals surface area (Å²) in [5.41, 5.74) is 0. The molecule has 14 heteroatoms. The van der Waals surface area contributed by atoms with Gasteiger partial charge >= 0.3 is 0 Å². The van der Waals surface area contributed by atoms with Crippen LogP contribution in [0.15, 0.2) is 134 Å². The van der Waals surface area contributed by atoms with E-state index in [4.69, 9.17) is 18.9 Å². The molecule has 12 unspecified atom stereocenters. The first-order chi connectivity index (χ1) is 51.1. The van der Waals surface area contributed by atoms with E-state index in [0.717, 1.165) is 103 Å². The van der Waals surface area contributed by atoms with Crippen LogP contribution in [0.25, 0.3) is 0 Å². The van der Waals surface area contributed by atoms with Crippen LogP contribution in [0.2, 0.25) is 0 Å². The molecular weight excluding hydrogens is 1300 g/mol. The van der Waals surface area contributed by atoms with Crippen LogP contribution in [0, 0.1) is 0 Å². The maximum Gasteiger partial charge on any atom is 0.220 e. The summed E-state index contributed by atoms with van der Waals surface area (Å²) in [6.07, 6.45) is 91.1. The predicted molar refractivity (Wildman–Crippen MR) is 433 cm³/mol. The molecule has 1 amide bonds. The van der Waals surface area contributed by atoms with E-state index < -0.39 is 86.8 Å². The standard InChI is InChI=1S/C90H155NO13/c1-3-5-7-9-11-13-15-17-19-21-23-25-27-29-31-33-35-37-38-39-40-42-44-46-48-50-52-54-56-58-60-62-64-66-68-70-72-74-82(95)91-78(77-101-89-87(100)85(98)88(81(76-93)103-89)104-90-86(99)84(97)83(96)80(75-92)102-90)79(94)73-71-69-67-65-63-61-59-57-55-53-51-49-47-45-43-41-36-34-32-30-28-26-24-22-20-18-16-14-12-10-8-6-4-2/h5,7,11,13,17,19,23,25,29,31,35,37,39-40,44,46,50,52,63,65,71,73,78-81,83-90,92-94,96-100H,3-4,6,8-10,12,14-16,18,20-22,24,26-28,30,32-34,36,38,41-43,45,47-49,51,53-62,64,66-70,72,74-77H2,1-2H3,(H,91,95)/b7-5-,13-11-,19-17-,25-23-,31-29-,37-35-,40-39-,46-44-,52-50-,65-63+,73-71+. The third-order valence-corrected chi connectivity index (χ3v) is 19.8. The Kier molecular flexibility index (Phi) is 66.6. The minimum Gasteiger partial charge on any atom is -0.394 e. The molecule has 0 aromatic carbocycles. The fourth-order valence-corrected chi connectivity index (χ4v) is 13.2. The van der Waals surface area contributed by atoms with Gasteiger partial charge in [-0.25, -0.2) is 0 Å². The summed E-state index contributed by atoms with van der Waals surface area (Å²) in [5, 5.41) is 87.8. The molecule has 14 nitrogen and oxygen atoms in total. The van der Waals surface area contributed by atoms with Crippen molar-refractivity contribution in [2.75, 3.05) is 19.8 Å². The average Bonchev–Trinajstić information content (AvgIpc) is 0.790. The molecule has 0 saturated carbocycles. The number of allylic oxidation sites excluding steroid dienone is 21. The lowest BCUT2D eigenvalue weighted by Crippen LogP contribution is -2.65. The third kappa shape index (κ3) is 53.8. The van der Waals surface area contributed by atoms with Gasteiger partial charge in [-0.15, -0.1) is 0 Å². The van der Waals surface area contributed by atoms with Gasteiger partial charge in [0.25, 0.3) is 0 Å². The molecular formula is C90H155NO13. The maximum absolute atomic E-state index is 13.4. The molecule has 2 saturated heterocycles. The number of rotatable bonds is 70. The normalized spacial score (nSPS) is 22.2. The second kappa shape index (κ2) is 72.0. The smallest absolute Gasteiger partial charge is 0.220 e. The molecule has 0 aromatic heterocycles. The van der Waals surface area contributed by atoms with E-state index in [0.29, 0.717) is 12.8 Å². The van der Waals surface area contributed by atoms with Gasteiger partial charge < -0.3 is 65.1 Å². The van der Waals surface area contributed by atoms with E-state index in [2.05, 4.69) is 141 Å². The van der Waals surface area contributed by atoms with E-state index in [9.17, 15) is 45.6 Å². The summed E-state index contributed by atoms with van der Waals surface area (Å²) in [6, 6.07) is -0.947. The van der Waals surface area contributed by atoms with Crippen LogP contribution in [0.4, 0.5) is 0 Å². The molecule has 598 valence electrons. The zero-order valence-corrected chi connectivity index (χ0v) is 65.7. The minimum absolute atomic E-state index is 0.257. The minimum atomic E-state index is -1.80. The molecule has 12 atom stereocenters. The third-order valence-electron chi connectivity index (χ3n) is 19.8. The summed E-state index contributed by atoms with van der Waals surface area (Å²) < 4.78 is 22.9. The average molecular weight is 1460 g/mol. The molecule has 0 bridgehead atoms. The lowest BCUT2D eigenvalue weighted by Gasteiger charge is -2.46. The molecule has 2 aliphatic heterocycles. The van der Waals surface area contributed by atoms with Crippen molar-refractivity contribution in [1.82, 2.24) is 5.32 Å².